The number of nitrogens with zero attached hydrogens (tertiary/aromatic N) is 4. The molecule has 0 saturated heterocycles. The van der Waals surface area contributed by atoms with E-state index < -0.39 is 5.60 Å². The Bertz CT molecular complexity index is 643. The van der Waals surface area contributed by atoms with E-state index in [-0.39, 0.29) is 12.1 Å². The van der Waals surface area contributed by atoms with Crippen molar-refractivity contribution in [3.8, 4) is 0 Å². The molecular weight excluding hydrogens is 322 g/mol. The number of amides is 3. The lowest BCUT2D eigenvalue weighted by Gasteiger charge is -2.30. The fraction of sp³-hybridized carbons (Fsp3) is 0.706. The van der Waals surface area contributed by atoms with Crippen LogP contribution in [0.3, 0.4) is 0 Å². The van der Waals surface area contributed by atoms with Crippen LogP contribution in [0.4, 0.5) is 15.4 Å². The lowest BCUT2D eigenvalue weighted by atomic mass is 10.1. The van der Waals surface area contributed by atoms with Gasteiger partial charge in [0, 0.05) is 38.7 Å². The largest absolute Gasteiger partial charge is 0.444 e. The molecule has 2 heterocycles. The summed E-state index contributed by atoms with van der Waals surface area (Å²) >= 11 is 0. The highest BCUT2D eigenvalue weighted by atomic mass is 16.6. The maximum Gasteiger partial charge on any atom is 0.410 e. The van der Waals surface area contributed by atoms with E-state index in [1.54, 1.807) is 21.5 Å². The molecule has 0 saturated carbocycles. The quantitative estimate of drug-likeness (QED) is 0.908. The van der Waals surface area contributed by atoms with E-state index >= 15 is 0 Å². The van der Waals surface area contributed by atoms with Gasteiger partial charge in [-0.25, -0.2) is 9.59 Å². The van der Waals surface area contributed by atoms with E-state index in [2.05, 4.69) is 10.4 Å². The van der Waals surface area contributed by atoms with Crippen molar-refractivity contribution in [3.63, 3.8) is 0 Å². The van der Waals surface area contributed by atoms with Gasteiger partial charge in [-0.1, -0.05) is 0 Å². The topological polar surface area (TPSA) is 79.7 Å². The molecule has 0 aromatic carbocycles. The highest BCUT2D eigenvalue weighted by Crippen LogP contribution is 2.27. The van der Waals surface area contributed by atoms with Gasteiger partial charge in [0.1, 0.15) is 11.4 Å². The minimum Gasteiger partial charge on any atom is -0.444 e. The number of hydrogen-bond acceptors (Lipinski definition) is 4. The molecule has 1 aliphatic heterocycles. The number of carbonyl (C=O) groups is 2. The average molecular weight is 351 g/mol. The Morgan fingerprint density at radius 2 is 1.92 bits per heavy atom. The molecule has 8 nitrogen and oxygen atoms in total. The van der Waals surface area contributed by atoms with E-state index in [0.717, 1.165) is 11.3 Å². The van der Waals surface area contributed by atoms with E-state index in [1.165, 1.54) is 0 Å². The monoisotopic (exact) mass is 351 g/mol. The smallest absolute Gasteiger partial charge is 0.410 e. The minimum absolute atomic E-state index is 0.162. The summed E-state index contributed by atoms with van der Waals surface area (Å²) in [6.07, 6.45) is 0.298. The summed E-state index contributed by atoms with van der Waals surface area (Å²) in [6, 6.07) is -0.162. The summed E-state index contributed by atoms with van der Waals surface area (Å²) in [5, 5.41) is 7.42. The summed E-state index contributed by atoms with van der Waals surface area (Å²) < 4.78 is 7.13. The molecule has 1 aliphatic rings. The van der Waals surface area contributed by atoms with Crippen LogP contribution in [0.1, 0.15) is 45.9 Å². The van der Waals surface area contributed by atoms with E-state index in [9.17, 15) is 9.59 Å². The molecule has 140 valence electrons. The first-order chi connectivity index (χ1) is 11.7. The highest BCUT2D eigenvalue weighted by molar-refractivity contribution is 5.89. The van der Waals surface area contributed by atoms with Crippen molar-refractivity contribution >= 4 is 17.9 Å². The molecule has 0 atom stereocenters. The molecule has 1 aromatic heterocycles. The van der Waals surface area contributed by atoms with Gasteiger partial charge in [0.2, 0.25) is 0 Å². The molecule has 8 heteroatoms. The predicted octanol–water partition coefficient (Wildman–Crippen LogP) is 2.59. The molecular formula is C17H29N5O3. The van der Waals surface area contributed by atoms with Crippen LogP contribution >= 0.6 is 0 Å². The summed E-state index contributed by atoms with van der Waals surface area (Å²) in [6.45, 7) is 11.6. The first-order valence-corrected chi connectivity index (χ1v) is 8.74. The van der Waals surface area contributed by atoms with Gasteiger partial charge in [0.15, 0.2) is 0 Å². The second kappa shape index (κ2) is 7.33. The van der Waals surface area contributed by atoms with E-state index in [0.29, 0.717) is 38.4 Å². The molecule has 0 spiro atoms. The number of ether oxygens (including phenoxy) is 1. The highest BCUT2D eigenvalue weighted by Gasteiger charge is 2.30. The van der Waals surface area contributed by atoms with Crippen LogP contribution in [-0.4, -0.2) is 56.9 Å². The van der Waals surface area contributed by atoms with Gasteiger partial charge in [0.05, 0.1) is 12.2 Å². The van der Waals surface area contributed by atoms with Crippen molar-refractivity contribution in [1.82, 2.24) is 19.6 Å². The summed E-state index contributed by atoms with van der Waals surface area (Å²) in [5.41, 5.74) is 1.25. The summed E-state index contributed by atoms with van der Waals surface area (Å²) in [4.78, 5) is 28.1. The SMILES string of the molecule is CCN(CC)C(=O)Nc1c2c(nn1C)CCN(C(=O)OC(C)(C)C)C2. The van der Waals surface area contributed by atoms with Gasteiger partial charge in [-0.2, -0.15) is 5.10 Å². The molecule has 25 heavy (non-hydrogen) atoms. The van der Waals surface area contributed by atoms with Crippen molar-refractivity contribution in [3.05, 3.63) is 11.3 Å². The Labute approximate surface area is 149 Å². The zero-order chi connectivity index (χ0) is 18.8. The Kier molecular flexibility index (Phi) is 5.59. The average Bonchev–Trinajstić information content (AvgIpc) is 2.82. The van der Waals surface area contributed by atoms with Gasteiger partial charge < -0.3 is 14.5 Å². The molecule has 0 fully saturated rings. The molecule has 0 unspecified atom stereocenters. The van der Waals surface area contributed by atoms with E-state index in [1.807, 2.05) is 34.6 Å². The van der Waals surface area contributed by atoms with Crippen LogP contribution in [0.25, 0.3) is 0 Å². The Balaban J connectivity index is 2.18. The third-order valence-corrected chi connectivity index (χ3v) is 4.12. The number of hydrogen-bond donors (Lipinski definition) is 1. The second-order valence-electron chi connectivity index (χ2n) is 7.15. The summed E-state index contributed by atoms with van der Waals surface area (Å²) in [5.74, 6) is 0.639. The molecule has 1 N–H and O–H groups in total. The number of anilines is 1. The van der Waals surface area contributed by atoms with Gasteiger partial charge in [-0.3, -0.25) is 10.00 Å². The number of urea groups is 1. The van der Waals surface area contributed by atoms with E-state index in [4.69, 9.17) is 4.74 Å². The maximum absolute atomic E-state index is 12.4. The van der Waals surface area contributed by atoms with Gasteiger partial charge >= 0.3 is 12.1 Å². The number of fused-ring (bicyclic) bond motifs is 1. The minimum atomic E-state index is -0.536. The first kappa shape index (κ1) is 19.1. The lowest BCUT2D eigenvalue weighted by molar-refractivity contribution is 0.0224. The molecule has 0 aliphatic carbocycles. The van der Waals surface area contributed by atoms with Gasteiger partial charge in [-0.05, 0) is 34.6 Å². The van der Waals surface area contributed by atoms with Crippen molar-refractivity contribution < 1.29 is 14.3 Å². The zero-order valence-corrected chi connectivity index (χ0v) is 16.0. The third-order valence-electron chi connectivity index (χ3n) is 4.12. The molecule has 3 amide bonds. The number of aromatic nitrogens is 2. The van der Waals surface area contributed by atoms with Crippen molar-refractivity contribution in [2.24, 2.45) is 7.05 Å². The zero-order valence-electron chi connectivity index (χ0n) is 16.0. The lowest BCUT2D eigenvalue weighted by Crippen LogP contribution is -2.40. The van der Waals surface area contributed by atoms with Crippen LogP contribution < -0.4 is 5.32 Å². The fourth-order valence-electron chi connectivity index (χ4n) is 2.83. The normalized spacial score (nSPS) is 14.1. The number of aryl methyl sites for hydroxylation is 1. The number of carbonyl (C=O) groups excluding carboxylic acids is 2. The van der Waals surface area contributed by atoms with Crippen LogP contribution in [0.5, 0.6) is 0 Å². The van der Waals surface area contributed by atoms with Crippen molar-refractivity contribution in [2.75, 3.05) is 25.0 Å². The van der Waals surface area contributed by atoms with Crippen LogP contribution in [0.2, 0.25) is 0 Å². The van der Waals surface area contributed by atoms with Crippen molar-refractivity contribution in [1.29, 1.82) is 0 Å². The molecule has 0 radical (unpaired) electrons. The fourth-order valence-corrected chi connectivity index (χ4v) is 2.83. The Morgan fingerprint density at radius 3 is 2.48 bits per heavy atom. The van der Waals surface area contributed by atoms with Crippen LogP contribution in [-0.2, 0) is 24.8 Å². The number of nitrogens with one attached hydrogen (secondary N) is 1. The standard InChI is InChI=1S/C17H29N5O3/c1-7-21(8-2)15(23)18-14-12-11-22(16(24)25-17(3,4)5)10-9-13(12)19-20(14)6/h7-11H2,1-6H3,(H,18,23). The second-order valence-corrected chi connectivity index (χ2v) is 7.15. The Hall–Kier alpha value is -2.25. The third kappa shape index (κ3) is 4.43. The van der Waals surface area contributed by atoms with Gasteiger partial charge in [-0.15, -0.1) is 0 Å². The van der Waals surface area contributed by atoms with Crippen molar-refractivity contribution in [2.45, 2.75) is 53.2 Å². The Morgan fingerprint density at radius 1 is 1.28 bits per heavy atom. The predicted molar refractivity (Wildman–Crippen MR) is 95.5 cm³/mol. The number of rotatable bonds is 3. The van der Waals surface area contributed by atoms with Crippen LogP contribution in [0, 0.1) is 0 Å². The van der Waals surface area contributed by atoms with Gasteiger partial charge in [0.25, 0.3) is 0 Å². The summed E-state index contributed by atoms with van der Waals surface area (Å²) in [7, 11) is 1.80. The first-order valence-electron chi connectivity index (χ1n) is 8.74. The molecule has 1 aromatic rings. The van der Waals surface area contributed by atoms with Crippen LogP contribution in [0.15, 0.2) is 0 Å². The molecule has 0 bridgehead atoms. The maximum atomic E-state index is 12.4. The molecule has 2 rings (SSSR count).